The van der Waals surface area contributed by atoms with Crippen molar-refractivity contribution in [3.8, 4) is 0 Å². The third-order valence-electron chi connectivity index (χ3n) is 3.26. The first-order valence-electron chi connectivity index (χ1n) is 6.93. The zero-order valence-electron chi connectivity index (χ0n) is 11.8. The molecule has 114 valence electrons. The highest BCUT2D eigenvalue weighted by Crippen LogP contribution is 2.16. The minimum absolute atomic E-state index is 0.0677. The molecule has 1 fully saturated rings. The Bertz CT molecular complexity index is 524. The number of carbonyl (C=O) groups excluding carboxylic acids is 2. The predicted octanol–water partition coefficient (Wildman–Crippen LogP) is 2.19. The monoisotopic (exact) mass is 355 g/mol. The van der Waals surface area contributed by atoms with Gasteiger partial charge in [-0.1, -0.05) is 0 Å². The lowest BCUT2D eigenvalue weighted by atomic mass is 10.0. The van der Waals surface area contributed by atoms with Crippen molar-refractivity contribution in [2.75, 3.05) is 19.7 Å². The van der Waals surface area contributed by atoms with Crippen LogP contribution in [0.5, 0.6) is 0 Å². The minimum Gasteiger partial charge on any atom is -0.450 e. The number of aromatic nitrogens is 1. The second-order valence-electron chi connectivity index (χ2n) is 4.85. The molecule has 0 bridgehead atoms. The zero-order chi connectivity index (χ0) is 15.2. The molecule has 6 nitrogen and oxygen atoms in total. The van der Waals surface area contributed by atoms with Gasteiger partial charge < -0.3 is 15.0 Å². The van der Waals surface area contributed by atoms with Gasteiger partial charge in [0, 0.05) is 36.0 Å². The number of nitrogens with one attached hydrogen (secondary N) is 1. The van der Waals surface area contributed by atoms with Gasteiger partial charge in [-0.05, 0) is 41.8 Å². The molecule has 0 aromatic carbocycles. The highest BCUT2D eigenvalue weighted by molar-refractivity contribution is 9.10. The fourth-order valence-corrected chi connectivity index (χ4v) is 2.70. The Morgan fingerprint density at radius 2 is 2.33 bits per heavy atom. The molecule has 1 aliphatic heterocycles. The van der Waals surface area contributed by atoms with E-state index in [0.29, 0.717) is 25.3 Å². The summed E-state index contributed by atoms with van der Waals surface area (Å²) in [5.41, 5.74) is 0.543. The highest BCUT2D eigenvalue weighted by Gasteiger charge is 2.26. The van der Waals surface area contributed by atoms with Crippen LogP contribution in [-0.4, -0.2) is 47.6 Å². The molecule has 7 heteroatoms. The lowest BCUT2D eigenvalue weighted by molar-refractivity contribution is 0.0685. The quantitative estimate of drug-likeness (QED) is 0.901. The minimum atomic E-state index is -0.430. The molecule has 0 saturated carbocycles. The lowest BCUT2D eigenvalue weighted by Crippen LogP contribution is -2.49. The summed E-state index contributed by atoms with van der Waals surface area (Å²) < 4.78 is 5.64. The molecule has 2 amide bonds. The van der Waals surface area contributed by atoms with Crippen LogP contribution in [0.2, 0.25) is 0 Å². The number of hydrogen-bond acceptors (Lipinski definition) is 4. The maximum atomic E-state index is 12.4. The first kappa shape index (κ1) is 15.8. The van der Waals surface area contributed by atoms with E-state index in [1.165, 1.54) is 0 Å². The van der Waals surface area contributed by atoms with Crippen molar-refractivity contribution >= 4 is 27.9 Å². The zero-order valence-corrected chi connectivity index (χ0v) is 13.4. The first-order valence-corrected chi connectivity index (χ1v) is 7.72. The molecular weight excluding hydrogens is 338 g/mol. The van der Waals surface area contributed by atoms with Gasteiger partial charge in [-0.15, -0.1) is 0 Å². The fraction of sp³-hybridized carbons (Fsp3) is 0.500. The number of halogens is 1. The smallest absolute Gasteiger partial charge is 0.407 e. The van der Waals surface area contributed by atoms with E-state index in [1.54, 1.807) is 30.3 Å². The number of piperidine rings is 1. The van der Waals surface area contributed by atoms with Gasteiger partial charge in [0.15, 0.2) is 0 Å². The van der Waals surface area contributed by atoms with Gasteiger partial charge in [-0.25, -0.2) is 4.79 Å². The number of amides is 2. The molecule has 21 heavy (non-hydrogen) atoms. The van der Waals surface area contributed by atoms with Crippen LogP contribution >= 0.6 is 15.9 Å². The summed E-state index contributed by atoms with van der Waals surface area (Å²) in [5, 5.41) is 2.79. The summed E-state index contributed by atoms with van der Waals surface area (Å²) in [4.78, 5) is 29.6. The van der Waals surface area contributed by atoms with Crippen LogP contribution in [0.1, 0.15) is 30.1 Å². The Morgan fingerprint density at radius 1 is 1.52 bits per heavy atom. The van der Waals surface area contributed by atoms with E-state index in [0.717, 1.165) is 17.3 Å². The standard InChI is InChI=1S/C14H18BrN3O3/c1-2-21-14(20)17-12-4-3-5-18(9-12)13(19)10-6-11(15)8-16-7-10/h6-8,12H,2-5,9H2,1H3,(H,17,20)/t12-/m0/s1. The summed E-state index contributed by atoms with van der Waals surface area (Å²) >= 11 is 3.31. The van der Waals surface area contributed by atoms with Crippen molar-refractivity contribution in [1.29, 1.82) is 0 Å². The van der Waals surface area contributed by atoms with Crippen molar-refractivity contribution in [1.82, 2.24) is 15.2 Å². The Balaban J connectivity index is 1.97. The Kier molecular flexibility index (Phi) is 5.55. The summed E-state index contributed by atoms with van der Waals surface area (Å²) in [6, 6.07) is 1.68. The van der Waals surface area contributed by atoms with Gasteiger partial charge in [-0.3, -0.25) is 9.78 Å². The number of likely N-dealkylation sites (tertiary alicyclic amines) is 1. The van der Waals surface area contributed by atoms with Crippen LogP contribution in [0.15, 0.2) is 22.9 Å². The Labute approximate surface area is 132 Å². The van der Waals surface area contributed by atoms with E-state index in [-0.39, 0.29) is 11.9 Å². The van der Waals surface area contributed by atoms with Crippen LogP contribution in [-0.2, 0) is 4.74 Å². The second kappa shape index (κ2) is 7.40. The van der Waals surface area contributed by atoms with Gasteiger partial charge in [0.2, 0.25) is 0 Å². The maximum absolute atomic E-state index is 12.4. The van der Waals surface area contributed by atoms with Crippen LogP contribution < -0.4 is 5.32 Å². The molecule has 0 unspecified atom stereocenters. The third kappa shape index (κ3) is 4.42. The molecule has 1 aliphatic rings. The molecule has 0 radical (unpaired) electrons. The number of hydrogen-bond donors (Lipinski definition) is 1. The molecule has 1 atom stereocenters. The van der Waals surface area contributed by atoms with E-state index in [9.17, 15) is 9.59 Å². The fourth-order valence-electron chi connectivity index (χ4n) is 2.33. The molecule has 1 aromatic rings. The molecule has 0 aliphatic carbocycles. The molecule has 1 aromatic heterocycles. The van der Waals surface area contributed by atoms with E-state index < -0.39 is 6.09 Å². The summed E-state index contributed by atoms with van der Waals surface area (Å²) in [6.07, 6.45) is 4.46. The van der Waals surface area contributed by atoms with Crippen molar-refractivity contribution in [3.05, 3.63) is 28.5 Å². The average Bonchev–Trinajstić information content (AvgIpc) is 2.47. The highest BCUT2D eigenvalue weighted by atomic mass is 79.9. The summed E-state index contributed by atoms with van der Waals surface area (Å²) in [7, 11) is 0. The molecular formula is C14H18BrN3O3. The predicted molar refractivity (Wildman–Crippen MR) is 81.0 cm³/mol. The molecule has 1 N–H and O–H groups in total. The maximum Gasteiger partial charge on any atom is 0.407 e. The van der Waals surface area contributed by atoms with Crippen LogP contribution in [0.4, 0.5) is 4.79 Å². The van der Waals surface area contributed by atoms with E-state index in [1.807, 2.05) is 0 Å². The van der Waals surface area contributed by atoms with E-state index >= 15 is 0 Å². The molecule has 2 rings (SSSR count). The van der Waals surface area contributed by atoms with Gasteiger partial charge >= 0.3 is 6.09 Å². The summed E-state index contributed by atoms with van der Waals surface area (Å²) in [6.45, 7) is 3.28. The second-order valence-corrected chi connectivity index (χ2v) is 5.76. The number of nitrogens with zero attached hydrogens (tertiary/aromatic N) is 2. The topological polar surface area (TPSA) is 71.5 Å². The number of carbonyl (C=O) groups is 2. The summed E-state index contributed by atoms with van der Waals surface area (Å²) in [5.74, 6) is -0.0702. The van der Waals surface area contributed by atoms with Crippen molar-refractivity contribution in [2.24, 2.45) is 0 Å². The lowest BCUT2D eigenvalue weighted by Gasteiger charge is -2.32. The van der Waals surface area contributed by atoms with Gasteiger partial charge in [0.1, 0.15) is 0 Å². The van der Waals surface area contributed by atoms with E-state index in [4.69, 9.17) is 4.74 Å². The van der Waals surface area contributed by atoms with E-state index in [2.05, 4.69) is 26.2 Å². The number of pyridine rings is 1. The largest absolute Gasteiger partial charge is 0.450 e. The van der Waals surface area contributed by atoms with Gasteiger partial charge in [0.25, 0.3) is 5.91 Å². The number of ether oxygens (including phenoxy) is 1. The van der Waals surface area contributed by atoms with Crippen molar-refractivity contribution in [3.63, 3.8) is 0 Å². The first-order chi connectivity index (χ1) is 10.1. The van der Waals surface area contributed by atoms with Crippen LogP contribution in [0.25, 0.3) is 0 Å². The SMILES string of the molecule is CCOC(=O)N[C@H]1CCCN(C(=O)c2cncc(Br)c2)C1. The Hall–Kier alpha value is -1.63. The average molecular weight is 356 g/mol. The Morgan fingerprint density at radius 3 is 3.05 bits per heavy atom. The van der Waals surface area contributed by atoms with Crippen molar-refractivity contribution < 1.29 is 14.3 Å². The van der Waals surface area contributed by atoms with Crippen LogP contribution in [0.3, 0.4) is 0 Å². The van der Waals surface area contributed by atoms with Crippen LogP contribution in [0, 0.1) is 0 Å². The molecule has 0 spiro atoms. The number of rotatable bonds is 3. The van der Waals surface area contributed by atoms with Gasteiger partial charge in [0.05, 0.1) is 12.2 Å². The van der Waals surface area contributed by atoms with Crippen molar-refractivity contribution in [2.45, 2.75) is 25.8 Å². The normalized spacial score (nSPS) is 18.2. The van der Waals surface area contributed by atoms with Gasteiger partial charge in [-0.2, -0.15) is 0 Å². The third-order valence-corrected chi connectivity index (χ3v) is 3.69. The molecule has 1 saturated heterocycles. The number of alkyl carbamates (subject to hydrolysis) is 1. The molecule has 2 heterocycles.